The van der Waals surface area contributed by atoms with Gasteiger partial charge in [0, 0.05) is 6.42 Å². The van der Waals surface area contributed by atoms with Crippen LogP contribution in [0.2, 0.25) is 0 Å². The van der Waals surface area contributed by atoms with Crippen LogP contribution >= 0.6 is 0 Å². The molecular formula is C79H141NO8. The van der Waals surface area contributed by atoms with E-state index in [1.165, 1.54) is 244 Å². The smallest absolute Gasteiger partial charge is 0.220 e. The van der Waals surface area contributed by atoms with E-state index in [1.807, 2.05) is 6.08 Å². The summed E-state index contributed by atoms with van der Waals surface area (Å²) >= 11 is 0. The SMILES string of the molecule is CC/C=C\C/C=C\C/C=C\C/C=C\C/C=C\C/C=C\CCCCCCCCCCCCCCCCCCCCC(=O)NC(COC1OC(CO)C(O)C(O)C1O)C(O)/C=C/CC/C=C/CCCCCCCCCCCCCCCCCCCCCCCC. The summed E-state index contributed by atoms with van der Waals surface area (Å²) in [6.45, 7) is 3.69. The lowest BCUT2D eigenvalue weighted by molar-refractivity contribution is -0.302. The summed E-state index contributed by atoms with van der Waals surface area (Å²) in [7, 11) is 0. The van der Waals surface area contributed by atoms with Gasteiger partial charge in [-0.1, -0.05) is 349 Å². The van der Waals surface area contributed by atoms with Crippen LogP contribution < -0.4 is 5.32 Å². The van der Waals surface area contributed by atoms with Gasteiger partial charge >= 0.3 is 0 Å². The van der Waals surface area contributed by atoms with Crippen LogP contribution in [0.5, 0.6) is 0 Å². The van der Waals surface area contributed by atoms with Crippen LogP contribution in [-0.4, -0.2) is 87.5 Å². The fraction of sp³-hybridized carbons (Fsp3) is 0.785. The number of hydrogen-bond acceptors (Lipinski definition) is 8. The summed E-state index contributed by atoms with van der Waals surface area (Å²) in [6, 6.07) is -0.827. The predicted octanol–water partition coefficient (Wildman–Crippen LogP) is 21.0. The zero-order valence-electron chi connectivity index (χ0n) is 57.2. The van der Waals surface area contributed by atoms with Crippen molar-refractivity contribution < 1.29 is 39.8 Å². The molecule has 1 aliphatic heterocycles. The third-order valence-corrected chi connectivity index (χ3v) is 17.4. The first kappa shape index (κ1) is 83.1. The predicted molar refractivity (Wildman–Crippen MR) is 378 cm³/mol. The van der Waals surface area contributed by atoms with Gasteiger partial charge in [-0.25, -0.2) is 0 Å². The van der Waals surface area contributed by atoms with Gasteiger partial charge in [0.15, 0.2) is 6.29 Å². The monoisotopic (exact) mass is 1230 g/mol. The van der Waals surface area contributed by atoms with Crippen molar-refractivity contribution in [3.8, 4) is 0 Å². The highest BCUT2D eigenvalue weighted by atomic mass is 16.7. The third-order valence-electron chi connectivity index (χ3n) is 17.4. The highest BCUT2D eigenvalue weighted by Crippen LogP contribution is 2.23. The number of allylic oxidation sites excluding steroid dienone is 15. The van der Waals surface area contributed by atoms with E-state index in [9.17, 15) is 30.3 Å². The van der Waals surface area contributed by atoms with Crippen molar-refractivity contribution in [2.75, 3.05) is 13.2 Å². The Morgan fingerprint density at radius 1 is 0.398 bits per heavy atom. The zero-order chi connectivity index (χ0) is 63.5. The maximum absolute atomic E-state index is 13.1. The largest absolute Gasteiger partial charge is 0.394 e. The summed E-state index contributed by atoms with van der Waals surface area (Å²) in [5.74, 6) is -0.184. The number of aliphatic hydroxyl groups excluding tert-OH is 5. The molecule has 0 spiro atoms. The topological polar surface area (TPSA) is 149 Å². The number of nitrogens with one attached hydrogen (secondary N) is 1. The molecule has 0 aromatic heterocycles. The van der Waals surface area contributed by atoms with E-state index in [-0.39, 0.29) is 12.5 Å². The normalized spacial score (nSPS) is 18.5. The highest BCUT2D eigenvalue weighted by molar-refractivity contribution is 5.76. The Hall–Kier alpha value is -2.89. The Morgan fingerprint density at radius 3 is 1.09 bits per heavy atom. The summed E-state index contributed by atoms with van der Waals surface area (Å²) in [4.78, 5) is 13.1. The number of carbonyl (C=O) groups is 1. The number of amides is 1. The summed E-state index contributed by atoms with van der Waals surface area (Å²) < 4.78 is 11.3. The molecule has 1 saturated heterocycles. The van der Waals surface area contributed by atoms with Crippen LogP contribution in [0.4, 0.5) is 0 Å². The Balaban J connectivity index is 2.11. The van der Waals surface area contributed by atoms with Crippen molar-refractivity contribution in [2.45, 2.75) is 384 Å². The van der Waals surface area contributed by atoms with Crippen molar-refractivity contribution >= 4 is 5.91 Å². The van der Waals surface area contributed by atoms with Crippen LogP contribution in [0.3, 0.4) is 0 Å². The molecule has 0 saturated carbocycles. The number of unbranched alkanes of at least 4 members (excludes halogenated alkanes) is 41. The number of carbonyl (C=O) groups excluding carboxylic acids is 1. The maximum Gasteiger partial charge on any atom is 0.220 e. The Morgan fingerprint density at radius 2 is 0.716 bits per heavy atom. The fourth-order valence-corrected chi connectivity index (χ4v) is 11.6. The van der Waals surface area contributed by atoms with Crippen molar-refractivity contribution in [3.05, 3.63) is 97.2 Å². The fourth-order valence-electron chi connectivity index (χ4n) is 11.6. The first-order valence-electron chi connectivity index (χ1n) is 37.5. The van der Waals surface area contributed by atoms with Gasteiger partial charge in [-0.05, 0) is 83.5 Å². The van der Waals surface area contributed by atoms with Crippen molar-refractivity contribution in [3.63, 3.8) is 0 Å². The van der Waals surface area contributed by atoms with Gasteiger partial charge in [-0.3, -0.25) is 4.79 Å². The van der Waals surface area contributed by atoms with Gasteiger partial charge in [0.25, 0.3) is 0 Å². The third kappa shape index (κ3) is 54.8. The second-order valence-electron chi connectivity index (χ2n) is 25.7. The molecule has 7 unspecified atom stereocenters. The van der Waals surface area contributed by atoms with Gasteiger partial charge < -0.3 is 40.3 Å². The maximum atomic E-state index is 13.1. The molecule has 1 aliphatic rings. The van der Waals surface area contributed by atoms with Gasteiger partial charge in [0.2, 0.25) is 5.91 Å². The molecular weight excluding hydrogens is 1090 g/mol. The number of aliphatic hydroxyl groups is 5. The van der Waals surface area contributed by atoms with Crippen LogP contribution in [0.15, 0.2) is 97.2 Å². The van der Waals surface area contributed by atoms with E-state index in [4.69, 9.17) is 9.47 Å². The molecule has 7 atom stereocenters. The minimum Gasteiger partial charge on any atom is -0.394 e. The summed E-state index contributed by atoms with van der Waals surface area (Å²) in [6.07, 6.45) is 91.0. The number of ether oxygens (including phenoxy) is 2. The summed E-state index contributed by atoms with van der Waals surface area (Å²) in [5.41, 5.74) is 0. The minimum absolute atomic E-state index is 0.184. The molecule has 9 nitrogen and oxygen atoms in total. The lowest BCUT2D eigenvalue weighted by Crippen LogP contribution is -2.60. The molecule has 88 heavy (non-hydrogen) atoms. The molecule has 6 N–H and O–H groups in total. The highest BCUT2D eigenvalue weighted by Gasteiger charge is 2.44. The van der Waals surface area contributed by atoms with Crippen LogP contribution in [0, 0.1) is 0 Å². The lowest BCUT2D eigenvalue weighted by atomic mass is 9.99. The molecule has 510 valence electrons. The first-order valence-corrected chi connectivity index (χ1v) is 37.5. The van der Waals surface area contributed by atoms with Crippen LogP contribution in [0.1, 0.15) is 341 Å². The quantitative estimate of drug-likeness (QED) is 0.0261. The van der Waals surface area contributed by atoms with Gasteiger partial charge in [0.05, 0.1) is 25.4 Å². The van der Waals surface area contributed by atoms with Crippen LogP contribution in [-0.2, 0) is 14.3 Å². The molecule has 1 amide bonds. The average molecular weight is 1230 g/mol. The Kier molecular flexibility index (Phi) is 63.3. The molecule has 1 rings (SSSR count). The van der Waals surface area contributed by atoms with E-state index in [1.54, 1.807) is 6.08 Å². The zero-order valence-corrected chi connectivity index (χ0v) is 57.2. The molecule has 1 fully saturated rings. The van der Waals surface area contributed by atoms with E-state index >= 15 is 0 Å². The molecule has 0 aromatic rings. The van der Waals surface area contributed by atoms with Crippen molar-refractivity contribution in [1.29, 1.82) is 0 Å². The van der Waals surface area contributed by atoms with Gasteiger partial charge in [-0.15, -0.1) is 0 Å². The van der Waals surface area contributed by atoms with Gasteiger partial charge in [-0.2, -0.15) is 0 Å². The van der Waals surface area contributed by atoms with E-state index in [0.717, 1.165) is 77.0 Å². The molecule has 0 radical (unpaired) electrons. The second kappa shape index (κ2) is 67.0. The second-order valence-corrected chi connectivity index (χ2v) is 25.7. The number of hydrogen-bond donors (Lipinski definition) is 6. The Labute approximate surface area is 543 Å². The van der Waals surface area contributed by atoms with Crippen molar-refractivity contribution in [2.24, 2.45) is 0 Å². The minimum atomic E-state index is -1.58. The molecule has 0 aliphatic carbocycles. The molecule has 0 bridgehead atoms. The van der Waals surface area contributed by atoms with E-state index in [0.29, 0.717) is 6.42 Å². The van der Waals surface area contributed by atoms with Crippen LogP contribution in [0.25, 0.3) is 0 Å². The van der Waals surface area contributed by atoms with E-state index in [2.05, 4.69) is 104 Å². The lowest BCUT2D eigenvalue weighted by Gasteiger charge is -2.40. The molecule has 9 heteroatoms. The standard InChI is InChI=1S/C79H141NO8/c1-3-5-7-9-11-13-15-17-19-21-23-25-27-29-31-33-34-35-36-37-38-39-40-41-43-45-47-49-51-53-55-57-59-61-63-65-67-69-75(83)80-72(71-87-79-78(86)77(85)76(84)74(70-81)88-79)73(82)68-66-64-62-60-58-56-54-52-50-48-46-44-42-32-30-28-26-24-22-20-18-16-14-12-10-8-6-4-2/h5,7,11,13,17,19,23,25,29,31,34-35,58,60,66,68,72-74,76-79,81-82,84-86H,3-4,6,8-10,12,14-16,18,20-22,24,26-28,30,32-33,36-57,59,61-65,67,69-71H2,1-2H3,(H,80,83)/b7-5-,13-11-,19-17-,25-23-,31-29-,35-34-,60-58+,68-66+. The van der Waals surface area contributed by atoms with E-state index < -0.39 is 49.5 Å². The first-order chi connectivity index (χ1) is 43.3. The van der Waals surface area contributed by atoms with Crippen molar-refractivity contribution in [1.82, 2.24) is 5.32 Å². The van der Waals surface area contributed by atoms with Gasteiger partial charge in [0.1, 0.15) is 24.4 Å². The number of rotatable bonds is 65. The Bertz CT molecular complexity index is 1720. The molecule has 0 aromatic carbocycles. The molecule has 1 heterocycles. The summed E-state index contributed by atoms with van der Waals surface area (Å²) in [5, 5.41) is 54.8. The average Bonchev–Trinajstić information content (AvgIpc) is 3.29.